The van der Waals surface area contributed by atoms with Crippen molar-refractivity contribution in [3.8, 4) is 5.75 Å². The number of carbonyl (C=O) groups is 1. The number of hydrogen-bond acceptors (Lipinski definition) is 5. The van der Waals surface area contributed by atoms with Crippen molar-refractivity contribution in [3.63, 3.8) is 0 Å². The maximum atomic E-state index is 12.0. The van der Waals surface area contributed by atoms with Crippen LogP contribution in [0.4, 0.5) is 4.53 Å². The van der Waals surface area contributed by atoms with Crippen LogP contribution >= 0.6 is 0 Å². The standard InChI is InChI=1S/C28H37FO5/c1-7-28(8-2,22-11-9-21(19(3)15-22)10-14-26(30)34-29)23-12-13-25(20(4)16-23)31-17-24-18-32-27(5,6)33-24/h9,11-13,15-16,24H,7-8,10,14,17-18H2,1-6H3. The van der Waals surface area contributed by atoms with E-state index in [1.54, 1.807) is 0 Å². The van der Waals surface area contributed by atoms with Gasteiger partial charge in [-0.05, 0) is 80.8 Å². The van der Waals surface area contributed by atoms with E-state index in [2.05, 4.69) is 56.0 Å². The first kappa shape index (κ1) is 26.2. The number of rotatable bonds is 10. The molecule has 1 unspecified atom stereocenters. The highest BCUT2D eigenvalue weighted by atomic mass is 19.3. The van der Waals surface area contributed by atoms with Crippen molar-refractivity contribution in [2.24, 2.45) is 0 Å². The second-order valence-electron chi connectivity index (χ2n) is 9.62. The zero-order valence-corrected chi connectivity index (χ0v) is 21.2. The summed E-state index contributed by atoms with van der Waals surface area (Å²) in [7, 11) is 0. The summed E-state index contributed by atoms with van der Waals surface area (Å²) in [5.41, 5.74) is 5.54. The summed E-state index contributed by atoms with van der Waals surface area (Å²) in [5, 5.41) is 0. The van der Waals surface area contributed by atoms with Gasteiger partial charge in [0.05, 0.1) is 13.0 Å². The third-order valence-corrected chi connectivity index (χ3v) is 7.01. The molecular weight excluding hydrogens is 435 g/mol. The van der Waals surface area contributed by atoms with Gasteiger partial charge in [-0.25, -0.2) is 4.79 Å². The first-order valence-electron chi connectivity index (χ1n) is 12.1. The maximum absolute atomic E-state index is 12.0. The molecule has 6 heteroatoms. The number of halogens is 1. The molecule has 0 spiro atoms. The highest BCUT2D eigenvalue weighted by Gasteiger charge is 2.34. The minimum Gasteiger partial charge on any atom is -0.491 e. The third kappa shape index (κ3) is 5.78. The Morgan fingerprint density at radius 3 is 2.26 bits per heavy atom. The monoisotopic (exact) mass is 472 g/mol. The predicted octanol–water partition coefficient (Wildman–Crippen LogP) is 6.30. The molecule has 1 atom stereocenters. The van der Waals surface area contributed by atoms with Gasteiger partial charge < -0.3 is 14.2 Å². The maximum Gasteiger partial charge on any atom is 0.349 e. The van der Waals surface area contributed by atoms with E-state index in [1.165, 1.54) is 11.1 Å². The highest BCUT2D eigenvalue weighted by Crippen LogP contribution is 2.41. The first-order valence-corrected chi connectivity index (χ1v) is 12.1. The van der Waals surface area contributed by atoms with Gasteiger partial charge in [0, 0.05) is 9.94 Å². The van der Waals surface area contributed by atoms with E-state index in [9.17, 15) is 9.32 Å². The molecule has 1 aliphatic rings. The molecule has 0 bridgehead atoms. The Labute approximate surface area is 202 Å². The minimum absolute atomic E-state index is 0.0273. The Morgan fingerprint density at radius 2 is 1.74 bits per heavy atom. The van der Waals surface area contributed by atoms with Crippen LogP contribution in [0.2, 0.25) is 0 Å². The van der Waals surface area contributed by atoms with Crippen LogP contribution in [0.1, 0.15) is 74.8 Å². The van der Waals surface area contributed by atoms with Gasteiger partial charge in [-0.3, -0.25) is 4.94 Å². The van der Waals surface area contributed by atoms with Gasteiger partial charge in [0.15, 0.2) is 5.79 Å². The van der Waals surface area contributed by atoms with E-state index < -0.39 is 11.8 Å². The van der Waals surface area contributed by atoms with Crippen molar-refractivity contribution in [2.45, 2.75) is 84.5 Å². The molecule has 34 heavy (non-hydrogen) atoms. The molecule has 0 aliphatic carbocycles. The molecule has 3 rings (SSSR count). The molecule has 1 saturated heterocycles. The zero-order valence-electron chi connectivity index (χ0n) is 21.2. The van der Waals surface area contributed by atoms with Crippen LogP contribution in [0.3, 0.4) is 0 Å². The summed E-state index contributed by atoms with van der Waals surface area (Å²) >= 11 is 0. The van der Waals surface area contributed by atoms with Crippen LogP contribution in [-0.4, -0.2) is 31.1 Å². The SMILES string of the molecule is CCC(CC)(c1ccc(CCC(=O)OF)c(C)c1)c1ccc(OCC2COC(C)(C)O2)c(C)c1. The second kappa shape index (κ2) is 10.9. The van der Waals surface area contributed by atoms with Crippen molar-refractivity contribution in [1.82, 2.24) is 0 Å². The highest BCUT2D eigenvalue weighted by molar-refractivity contribution is 5.69. The van der Waals surface area contributed by atoms with E-state index in [1.807, 2.05) is 26.8 Å². The van der Waals surface area contributed by atoms with E-state index in [4.69, 9.17) is 14.2 Å². The Hall–Kier alpha value is -2.44. The fraction of sp³-hybridized carbons (Fsp3) is 0.536. The van der Waals surface area contributed by atoms with Crippen LogP contribution < -0.4 is 4.74 Å². The lowest BCUT2D eigenvalue weighted by Crippen LogP contribution is -2.27. The lowest BCUT2D eigenvalue weighted by Gasteiger charge is -2.34. The average molecular weight is 473 g/mol. The lowest BCUT2D eigenvalue weighted by molar-refractivity contribution is -0.183. The van der Waals surface area contributed by atoms with E-state index in [0.717, 1.165) is 35.3 Å². The topological polar surface area (TPSA) is 54.0 Å². The number of benzene rings is 2. The summed E-state index contributed by atoms with van der Waals surface area (Å²) in [4.78, 5) is 14.5. The molecule has 2 aromatic rings. The molecule has 1 heterocycles. The molecule has 186 valence electrons. The summed E-state index contributed by atoms with van der Waals surface area (Å²) in [6, 6.07) is 12.8. The molecule has 1 fully saturated rings. The van der Waals surface area contributed by atoms with Crippen LogP contribution in [0, 0.1) is 13.8 Å². The van der Waals surface area contributed by atoms with Crippen molar-refractivity contribution in [2.75, 3.05) is 13.2 Å². The van der Waals surface area contributed by atoms with Gasteiger partial charge in [0.25, 0.3) is 0 Å². The minimum atomic E-state index is -0.839. The van der Waals surface area contributed by atoms with E-state index in [-0.39, 0.29) is 17.9 Å². The molecule has 0 radical (unpaired) electrons. The molecule has 0 N–H and O–H groups in total. The van der Waals surface area contributed by atoms with E-state index >= 15 is 0 Å². The quantitative estimate of drug-likeness (QED) is 0.406. The van der Waals surface area contributed by atoms with Gasteiger partial charge in [0.1, 0.15) is 18.5 Å². The Balaban J connectivity index is 1.80. The molecule has 1 aliphatic heterocycles. The van der Waals surface area contributed by atoms with Crippen LogP contribution in [-0.2, 0) is 31.0 Å². The fourth-order valence-electron chi connectivity index (χ4n) is 4.92. The largest absolute Gasteiger partial charge is 0.491 e. The lowest BCUT2D eigenvalue weighted by atomic mass is 9.69. The van der Waals surface area contributed by atoms with E-state index in [0.29, 0.717) is 19.6 Å². The van der Waals surface area contributed by atoms with Crippen molar-refractivity contribution >= 4 is 5.97 Å². The van der Waals surface area contributed by atoms with Crippen LogP contribution in [0.25, 0.3) is 0 Å². The molecular formula is C28H37FO5. The fourth-order valence-corrected chi connectivity index (χ4v) is 4.92. The molecule has 5 nitrogen and oxygen atoms in total. The van der Waals surface area contributed by atoms with Crippen molar-refractivity contribution in [1.29, 1.82) is 0 Å². The molecule has 0 saturated carbocycles. The number of ether oxygens (including phenoxy) is 3. The number of hydrogen-bond donors (Lipinski definition) is 0. The van der Waals surface area contributed by atoms with Crippen LogP contribution in [0.5, 0.6) is 5.75 Å². The normalized spacial score (nSPS) is 17.6. The van der Waals surface area contributed by atoms with Crippen molar-refractivity contribution in [3.05, 3.63) is 64.2 Å². The summed E-state index contributed by atoms with van der Waals surface area (Å²) in [6.07, 6.45) is 2.29. The molecule has 0 aromatic heterocycles. The third-order valence-electron chi connectivity index (χ3n) is 7.01. The Morgan fingerprint density at radius 1 is 1.09 bits per heavy atom. The smallest absolute Gasteiger partial charge is 0.349 e. The average Bonchev–Trinajstić information content (AvgIpc) is 3.17. The van der Waals surface area contributed by atoms with Gasteiger partial charge in [-0.2, -0.15) is 0 Å². The van der Waals surface area contributed by atoms with Crippen LogP contribution in [0.15, 0.2) is 36.4 Å². The summed E-state index contributed by atoms with van der Waals surface area (Å²) in [5.74, 6) is -0.545. The second-order valence-corrected chi connectivity index (χ2v) is 9.62. The summed E-state index contributed by atoms with van der Waals surface area (Å²) in [6.45, 7) is 13.3. The van der Waals surface area contributed by atoms with Gasteiger partial charge >= 0.3 is 5.97 Å². The number of carbonyl (C=O) groups excluding carboxylic acids is 1. The van der Waals surface area contributed by atoms with Gasteiger partial charge in [0.2, 0.25) is 0 Å². The molecule has 2 aromatic carbocycles. The van der Waals surface area contributed by atoms with Gasteiger partial charge in [-0.15, -0.1) is 0 Å². The summed E-state index contributed by atoms with van der Waals surface area (Å²) < 4.78 is 29.6. The predicted molar refractivity (Wildman–Crippen MR) is 130 cm³/mol. The zero-order chi connectivity index (χ0) is 24.9. The Bertz CT molecular complexity index is 996. The van der Waals surface area contributed by atoms with Crippen molar-refractivity contribution < 1.29 is 28.5 Å². The first-order chi connectivity index (χ1) is 16.1. The Kier molecular flexibility index (Phi) is 8.37. The molecule has 0 amide bonds. The number of aryl methyl sites for hydroxylation is 3. The van der Waals surface area contributed by atoms with Gasteiger partial charge in [-0.1, -0.05) is 44.2 Å².